The molecule has 0 aliphatic rings. The van der Waals surface area contributed by atoms with E-state index in [1.807, 2.05) is 13.0 Å². The summed E-state index contributed by atoms with van der Waals surface area (Å²) in [5.74, 6) is 0.331. The van der Waals surface area contributed by atoms with Crippen LogP contribution in [0.3, 0.4) is 0 Å². The zero-order valence-corrected chi connectivity index (χ0v) is 21.9. The Balaban J connectivity index is 2.13. The van der Waals surface area contributed by atoms with Crippen molar-refractivity contribution in [1.29, 1.82) is 0 Å². The van der Waals surface area contributed by atoms with E-state index in [0.29, 0.717) is 44.9 Å². The van der Waals surface area contributed by atoms with Crippen molar-refractivity contribution in [3.63, 3.8) is 0 Å². The van der Waals surface area contributed by atoms with Crippen LogP contribution >= 0.6 is 0 Å². The van der Waals surface area contributed by atoms with Gasteiger partial charge in [0.1, 0.15) is 11.6 Å². The van der Waals surface area contributed by atoms with E-state index in [4.69, 9.17) is 9.15 Å². The molecule has 0 fully saturated rings. The number of hydrogen-bond donors (Lipinski definition) is 0. The minimum atomic E-state index is -0.326. The molecule has 1 aromatic heterocycles. The molecule has 1 aromatic carbocycles. The lowest BCUT2D eigenvalue weighted by Crippen LogP contribution is -2.43. The number of benzene rings is 1. The normalized spacial score (nSPS) is 12.4. The van der Waals surface area contributed by atoms with E-state index < -0.39 is 0 Å². The predicted molar refractivity (Wildman–Crippen MR) is 135 cm³/mol. The molecule has 1 atom stereocenters. The highest BCUT2D eigenvalue weighted by Crippen LogP contribution is 2.26. The van der Waals surface area contributed by atoms with Crippen molar-refractivity contribution in [2.24, 2.45) is 11.3 Å². The first-order chi connectivity index (χ1) is 16.6. The largest absolute Gasteiger partial charge is 0.467 e. The van der Waals surface area contributed by atoms with Gasteiger partial charge in [-0.3, -0.25) is 9.59 Å². The third-order valence-electron chi connectivity index (χ3n) is 5.65. The van der Waals surface area contributed by atoms with E-state index in [0.717, 1.165) is 12.0 Å². The standard InChI is InChI=1S/C28H41FN2O4/c1-6-34-15-8-14-30(26(32)17-22(2)18-28(3,4)5)21-27(33)31(20-25-9-7-16-35-25)19-23-10-12-24(29)13-11-23/h7,9-13,16,22H,6,8,14-15,17-21H2,1-5H3/t22-/m0/s1. The molecule has 2 aromatic rings. The van der Waals surface area contributed by atoms with Crippen LogP contribution in [0.1, 0.15) is 65.2 Å². The van der Waals surface area contributed by atoms with Gasteiger partial charge in [0.2, 0.25) is 11.8 Å². The minimum absolute atomic E-state index is 0.0188. The lowest BCUT2D eigenvalue weighted by Gasteiger charge is -2.29. The van der Waals surface area contributed by atoms with Gasteiger partial charge < -0.3 is 19.0 Å². The Kier molecular flexibility index (Phi) is 11.4. The number of ether oxygens (including phenoxy) is 1. The van der Waals surface area contributed by atoms with E-state index in [-0.39, 0.29) is 42.1 Å². The molecule has 0 bridgehead atoms. The smallest absolute Gasteiger partial charge is 0.242 e. The summed E-state index contributed by atoms with van der Waals surface area (Å²) in [4.78, 5) is 30.0. The number of amides is 2. The molecule has 35 heavy (non-hydrogen) atoms. The van der Waals surface area contributed by atoms with E-state index >= 15 is 0 Å². The Morgan fingerprint density at radius 1 is 1.06 bits per heavy atom. The minimum Gasteiger partial charge on any atom is -0.467 e. The molecule has 0 saturated carbocycles. The number of hydrogen-bond acceptors (Lipinski definition) is 4. The molecule has 7 heteroatoms. The second-order valence-electron chi connectivity index (χ2n) is 10.4. The second-order valence-corrected chi connectivity index (χ2v) is 10.4. The summed E-state index contributed by atoms with van der Waals surface area (Å²) in [6.45, 7) is 12.7. The summed E-state index contributed by atoms with van der Waals surface area (Å²) in [6.07, 6.45) is 3.55. The molecule has 0 radical (unpaired) electrons. The number of carbonyl (C=O) groups excluding carboxylic acids is 2. The van der Waals surface area contributed by atoms with Gasteiger partial charge in [-0.25, -0.2) is 4.39 Å². The van der Waals surface area contributed by atoms with Gasteiger partial charge in [-0.15, -0.1) is 0 Å². The molecule has 0 N–H and O–H groups in total. The fourth-order valence-corrected chi connectivity index (χ4v) is 4.23. The van der Waals surface area contributed by atoms with Crippen molar-refractivity contribution >= 4 is 11.8 Å². The fourth-order valence-electron chi connectivity index (χ4n) is 4.23. The maximum atomic E-state index is 13.4. The topological polar surface area (TPSA) is 63.0 Å². The molecule has 194 valence electrons. The fraction of sp³-hybridized carbons (Fsp3) is 0.571. The molecular formula is C28H41FN2O4. The zero-order valence-electron chi connectivity index (χ0n) is 21.9. The monoisotopic (exact) mass is 488 g/mol. The maximum Gasteiger partial charge on any atom is 0.242 e. The van der Waals surface area contributed by atoms with E-state index in [1.165, 1.54) is 12.1 Å². The van der Waals surface area contributed by atoms with Gasteiger partial charge >= 0.3 is 0 Å². The second kappa shape index (κ2) is 14.0. The number of halogens is 1. The number of nitrogens with zero attached hydrogens (tertiary/aromatic N) is 2. The number of carbonyl (C=O) groups is 2. The average Bonchev–Trinajstić information content (AvgIpc) is 3.28. The summed E-state index contributed by atoms with van der Waals surface area (Å²) < 4.78 is 24.3. The number of rotatable bonds is 14. The Morgan fingerprint density at radius 2 is 1.77 bits per heavy atom. The molecule has 0 aliphatic carbocycles. The predicted octanol–water partition coefficient (Wildman–Crippen LogP) is 5.67. The van der Waals surface area contributed by atoms with Crippen LogP contribution in [0.5, 0.6) is 0 Å². The molecule has 0 saturated heterocycles. The van der Waals surface area contributed by atoms with Crippen LogP contribution in [-0.4, -0.2) is 47.9 Å². The van der Waals surface area contributed by atoms with Crippen molar-refractivity contribution in [2.45, 2.75) is 67.0 Å². The summed E-state index contributed by atoms with van der Waals surface area (Å²) in [7, 11) is 0. The van der Waals surface area contributed by atoms with Crippen LogP contribution in [0.4, 0.5) is 4.39 Å². The molecule has 0 unspecified atom stereocenters. The quantitative estimate of drug-likeness (QED) is 0.322. The summed E-state index contributed by atoms with van der Waals surface area (Å²) in [6, 6.07) is 9.67. The lowest BCUT2D eigenvalue weighted by molar-refractivity contribution is -0.142. The Morgan fingerprint density at radius 3 is 2.37 bits per heavy atom. The van der Waals surface area contributed by atoms with Gasteiger partial charge in [0.15, 0.2) is 0 Å². The lowest BCUT2D eigenvalue weighted by atomic mass is 9.84. The van der Waals surface area contributed by atoms with Crippen molar-refractivity contribution in [2.75, 3.05) is 26.3 Å². The third kappa shape index (κ3) is 11.1. The van der Waals surface area contributed by atoms with Crippen molar-refractivity contribution < 1.29 is 23.1 Å². The zero-order chi connectivity index (χ0) is 25.8. The van der Waals surface area contributed by atoms with Crippen LogP contribution in [-0.2, 0) is 27.4 Å². The Hall–Kier alpha value is -2.67. The first kappa shape index (κ1) is 28.6. The summed E-state index contributed by atoms with van der Waals surface area (Å²) >= 11 is 0. The van der Waals surface area contributed by atoms with E-state index in [9.17, 15) is 14.0 Å². The highest BCUT2D eigenvalue weighted by molar-refractivity contribution is 5.85. The highest BCUT2D eigenvalue weighted by Gasteiger charge is 2.25. The Bertz CT molecular complexity index is 891. The summed E-state index contributed by atoms with van der Waals surface area (Å²) in [5, 5.41) is 0. The molecule has 2 amide bonds. The average molecular weight is 489 g/mol. The van der Waals surface area contributed by atoms with Crippen LogP contribution in [0.2, 0.25) is 0 Å². The van der Waals surface area contributed by atoms with E-state index in [1.54, 1.807) is 34.3 Å². The maximum absolute atomic E-state index is 13.4. The third-order valence-corrected chi connectivity index (χ3v) is 5.65. The number of furan rings is 1. The SMILES string of the molecule is CCOCCCN(CC(=O)N(Cc1ccc(F)cc1)Cc1ccco1)C(=O)C[C@H](C)CC(C)(C)C. The molecule has 6 nitrogen and oxygen atoms in total. The molecule has 0 aliphatic heterocycles. The van der Waals surface area contributed by atoms with Gasteiger partial charge in [-0.1, -0.05) is 39.8 Å². The summed E-state index contributed by atoms with van der Waals surface area (Å²) in [5.41, 5.74) is 0.934. The van der Waals surface area contributed by atoms with Crippen molar-refractivity contribution in [3.05, 3.63) is 59.8 Å². The van der Waals surface area contributed by atoms with Crippen molar-refractivity contribution in [1.82, 2.24) is 9.80 Å². The van der Waals surface area contributed by atoms with Crippen LogP contribution in [0.25, 0.3) is 0 Å². The molecule has 1 heterocycles. The first-order valence-electron chi connectivity index (χ1n) is 12.5. The highest BCUT2D eigenvalue weighted by atomic mass is 19.1. The molecular weight excluding hydrogens is 447 g/mol. The van der Waals surface area contributed by atoms with E-state index in [2.05, 4.69) is 27.7 Å². The van der Waals surface area contributed by atoms with Crippen molar-refractivity contribution in [3.8, 4) is 0 Å². The Labute approximate surface area is 209 Å². The van der Waals surface area contributed by atoms with Gasteiger partial charge in [0.05, 0.1) is 19.4 Å². The van der Waals surface area contributed by atoms with Crippen LogP contribution in [0, 0.1) is 17.2 Å². The first-order valence-corrected chi connectivity index (χ1v) is 12.5. The van der Waals surface area contributed by atoms with Gasteiger partial charge in [0.25, 0.3) is 0 Å². The van der Waals surface area contributed by atoms with Crippen LogP contribution in [0.15, 0.2) is 47.1 Å². The van der Waals surface area contributed by atoms with Gasteiger partial charge in [-0.05, 0) is 60.9 Å². The van der Waals surface area contributed by atoms with Gasteiger partial charge in [0, 0.05) is 32.7 Å². The molecule has 2 rings (SSSR count). The van der Waals surface area contributed by atoms with Crippen LogP contribution < -0.4 is 0 Å². The molecule has 0 spiro atoms. The van der Waals surface area contributed by atoms with Gasteiger partial charge in [-0.2, -0.15) is 0 Å².